The highest BCUT2D eigenvalue weighted by atomic mass is 16.6. The smallest absolute Gasteiger partial charge is 0.410 e. The van der Waals surface area contributed by atoms with Crippen molar-refractivity contribution in [2.24, 2.45) is 7.05 Å². The van der Waals surface area contributed by atoms with Gasteiger partial charge < -0.3 is 14.7 Å². The summed E-state index contributed by atoms with van der Waals surface area (Å²) < 4.78 is 7.07. The topological polar surface area (TPSA) is 67.6 Å². The van der Waals surface area contributed by atoms with Gasteiger partial charge in [0.05, 0.1) is 18.3 Å². The van der Waals surface area contributed by atoms with E-state index in [2.05, 4.69) is 5.10 Å². The first-order valence-electron chi connectivity index (χ1n) is 6.83. The highest BCUT2D eigenvalue weighted by molar-refractivity contribution is 5.69. The summed E-state index contributed by atoms with van der Waals surface area (Å²) in [4.78, 5) is 13.6. The average molecular weight is 281 g/mol. The number of rotatable bonds is 1. The van der Waals surface area contributed by atoms with Crippen LogP contribution in [0.25, 0.3) is 0 Å². The Hall–Kier alpha value is -1.56. The average Bonchev–Trinajstić information content (AvgIpc) is 2.79. The van der Waals surface area contributed by atoms with Crippen molar-refractivity contribution >= 4 is 6.09 Å². The SMILES string of the molecule is Cc1nn(C)cc1C1CN(C(=O)OC(C)(C)C)CC1O. The van der Waals surface area contributed by atoms with Gasteiger partial charge in [0.2, 0.25) is 0 Å². The largest absolute Gasteiger partial charge is 0.444 e. The summed E-state index contributed by atoms with van der Waals surface area (Å²) >= 11 is 0. The monoisotopic (exact) mass is 281 g/mol. The molecule has 1 aromatic rings. The van der Waals surface area contributed by atoms with Crippen molar-refractivity contribution in [3.8, 4) is 0 Å². The lowest BCUT2D eigenvalue weighted by molar-refractivity contribution is 0.0270. The number of β-amino-alcohol motifs (C(OH)–C–C–N with tert-alkyl or cyclic N) is 1. The molecule has 1 fully saturated rings. The summed E-state index contributed by atoms with van der Waals surface area (Å²) in [5.41, 5.74) is 1.36. The molecule has 6 nitrogen and oxygen atoms in total. The minimum absolute atomic E-state index is 0.101. The summed E-state index contributed by atoms with van der Waals surface area (Å²) in [6.45, 7) is 8.18. The minimum atomic E-state index is -0.578. The molecule has 2 unspecified atom stereocenters. The van der Waals surface area contributed by atoms with Gasteiger partial charge in [0, 0.05) is 31.3 Å². The fraction of sp³-hybridized carbons (Fsp3) is 0.714. The molecule has 1 amide bonds. The van der Waals surface area contributed by atoms with Gasteiger partial charge in [-0.1, -0.05) is 0 Å². The predicted octanol–water partition coefficient (Wildman–Crippen LogP) is 1.42. The number of hydrogen-bond donors (Lipinski definition) is 1. The molecule has 2 rings (SSSR count). The standard InChI is InChI=1S/C14H23N3O3/c1-9-10(6-16(5)15-9)11-7-17(8-12(11)18)13(19)20-14(2,3)4/h6,11-12,18H,7-8H2,1-5H3. The molecule has 2 heterocycles. The second kappa shape index (κ2) is 5.09. The van der Waals surface area contributed by atoms with Gasteiger partial charge in [-0.05, 0) is 27.7 Å². The first kappa shape index (κ1) is 14.8. The second-order valence-electron chi connectivity index (χ2n) is 6.40. The van der Waals surface area contributed by atoms with E-state index >= 15 is 0 Å². The minimum Gasteiger partial charge on any atom is -0.444 e. The van der Waals surface area contributed by atoms with E-state index in [-0.39, 0.29) is 12.0 Å². The maximum Gasteiger partial charge on any atom is 0.410 e. The van der Waals surface area contributed by atoms with Crippen molar-refractivity contribution in [3.63, 3.8) is 0 Å². The van der Waals surface area contributed by atoms with Gasteiger partial charge in [0.1, 0.15) is 5.60 Å². The Morgan fingerprint density at radius 3 is 2.60 bits per heavy atom. The molecule has 1 aliphatic rings. The maximum atomic E-state index is 12.0. The zero-order valence-corrected chi connectivity index (χ0v) is 12.8. The van der Waals surface area contributed by atoms with E-state index in [0.29, 0.717) is 13.1 Å². The van der Waals surface area contributed by atoms with Crippen LogP contribution in [0.5, 0.6) is 0 Å². The fourth-order valence-corrected chi connectivity index (χ4v) is 2.55. The van der Waals surface area contributed by atoms with Crippen LogP contribution in [-0.2, 0) is 11.8 Å². The van der Waals surface area contributed by atoms with Crippen LogP contribution < -0.4 is 0 Å². The molecule has 2 atom stereocenters. The van der Waals surface area contributed by atoms with E-state index in [1.807, 2.05) is 40.9 Å². The Morgan fingerprint density at radius 2 is 2.10 bits per heavy atom. The van der Waals surface area contributed by atoms with Crippen LogP contribution in [0.1, 0.15) is 37.9 Å². The van der Waals surface area contributed by atoms with Gasteiger partial charge in [-0.3, -0.25) is 4.68 Å². The summed E-state index contributed by atoms with van der Waals surface area (Å²) in [5, 5.41) is 14.5. The molecule has 1 aliphatic heterocycles. The number of carbonyl (C=O) groups excluding carboxylic acids is 1. The van der Waals surface area contributed by atoms with Crippen LogP contribution in [0, 0.1) is 6.92 Å². The molecule has 0 aliphatic carbocycles. The van der Waals surface area contributed by atoms with Crippen molar-refractivity contribution in [2.45, 2.75) is 45.3 Å². The number of aliphatic hydroxyl groups excluding tert-OH is 1. The molecule has 6 heteroatoms. The Morgan fingerprint density at radius 1 is 1.45 bits per heavy atom. The molecule has 0 radical (unpaired) electrons. The number of ether oxygens (including phenoxy) is 1. The van der Waals surface area contributed by atoms with Gasteiger partial charge in [-0.25, -0.2) is 4.79 Å². The molecule has 0 bridgehead atoms. The fourth-order valence-electron chi connectivity index (χ4n) is 2.55. The highest BCUT2D eigenvalue weighted by Crippen LogP contribution is 2.30. The van der Waals surface area contributed by atoms with Crippen LogP contribution in [0.4, 0.5) is 4.79 Å². The van der Waals surface area contributed by atoms with E-state index in [1.54, 1.807) is 9.58 Å². The normalized spacial score (nSPS) is 23.2. The van der Waals surface area contributed by atoms with E-state index in [9.17, 15) is 9.90 Å². The van der Waals surface area contributed by atoms with Gasteiger partial charge in [-0.15, -0.1) is 0 Å². The lowest BCUT2D eigenvalue weighted by Crippen LogP contribution is -2.35. The molecule has 20 heavy (non-hydrogen) atoms. The quantitative estimate of drug-likeness (QED) is 0.845. The van der Waals surface area contributed by atoms with Crippen LogP contribution in [0.2, 0.25) is 0 Å². The Kier molecular flexibility index (Phi) is 3.77. The zero-order valence-electron chi connectivity index (χ0n) is 12.8. The van der Waals surface area contributed by atoms with Crippen LogP contribution in [0.15, 0.2) is 6.20 Å². The molecular formula is C14H23N3O3. The van der Waals surface area contributed by atoms with E-state index in [1.165, 1.54) is 0 Å². The third kappa shape index (κ3) is 3.12. The van der Waals surface area contributed by atoms with Gasteiger partial charge in [0.25, 0.3) is 0 Å². The molecule has 0 spiro atoms. The predicted molar refractivity (Wildman–Crippen MR) is 74.5 cm³/mol. The molecule has 1 aromatic heterocycles. The van der Waals surface area contributed by atoms with Crippen molar-refractivity contribution < 1.29 is 14.6 Å². The van der Waals surface area contributed by atoms with Crippen LogP contribution in [0.3, 0.4) is 0 Å². The molecule has 1 N–H and O–H groups in total. The molecular weight excluding hydrogens is 258 g/mol. The highest BCUT2D eigenvalue weighted by Gasteiger charge is 2.38. The van der Waals surface area contributed by atoms with Crippen molar-refractivity contribution in [3.05, 3.63) is 17.5 Å². The summed E-state index contributed by atoms with van der Waals surface area (Å²) in [7, 11) is 1.85. The summed E-state index contributed by atoms with van der Waals surface area (Å²) in [5.74, 6) is -0.101. The number of aliphatic hydroxyl groups is 1. The number of likely N-dealkylation sites (tertiary alicyclic amines) is 1. The second-order valence-corrected chi connectivity index (χ2v) is 6.40. The number of amides is 1. The van der Waals surface area contributed by atoms with Crippen molar-refractivity contribution in [1.82, 2.24) is 14.7 Å². The lowest BCUT2D eigenvalue weighted by Gasteiger charge is -2.24. The molecule has 112 valence electrons. The van der Waals surface area contributed by atoms with Crippen molar-refractivity contribution in [1.29, 1.82) is 0 Å². The zero-order chi connectivity index (χ0) is 15.1. The van der Waals surface area contributed by atoms with Crippen LogP contribution in [-0.4, -0.2) is 50.7 Å². The van der Waals surface area contributed by atoms with Gasteiger partial charge in [0.15, 0.2) is 0 Å². The molecule has 0 saturated carbocycles. The number of aryl methyl sites for hydroxylation is 2. The first-order valence-corrected chi connectivity index (χ1v) is 6.83. The van der Waals surface area contributed by atoms with Crippen molar-refractivity contribution in [2.75, 3.05) is 13.1 Å². The Labute approximate surface area is 119 Å². The molecule has 0 aromatic carbocycles. The summed E-state index contributed by atoms with van der Waals surface area (Å²) in [6, 6.07) is 0. The van der Waals surface area contributed by atoms with E-state index in [0.717, 1.165) is 11.3 Å². The lowest BCUT2D eigenvalue weighted by atomic mass is 9.97. The number of nitrogens with zero attached hydrogens (tertiary/aromatic N) is 3. The maximum absolute atomic E-state index is 12.0. The Bertz CT molecular complexity index is 504. The first-order chi connectivity index (χ1) is 9.17. The van der Waals surface area contributed by atoms with Gasteiger partial charge >= 0.3 is 6.09 Å². The summed E-state index contributed by atoms with van der Waals surface area (Å²) in [6.07, 6.45) is 0.952. The third-order valence-corrected chi connectivity index (χ3v) is 3.39. The van der Waals surface area contributed by atoms with Crippen LogP contribution >= 0.6 is 0 Å². The number of hydrogen-bond acceptors (Lipinski definition) is 4. The number of carbonyl (C=O) groups is 1. The van der Waals surface area contributed by atoms with E-state index < -0.39 is 11.7 Å². The number of aromatic nitrogens is 2. The third-order valence-electron chi connectivity index (χ3n) is 3.39. The Balaban J connectivity index is 2.09. The van der Waals surface area contributed by atoms with E-state index in [4.69, 9.17) is 4.74 Å². The molecule has 1 saturated heterocycles. The van der Waals surface area contributed by atoms with Gasteiger partial charge in [-0.2, -0.15) is 5.10 Å².